The van der Waals surface area contributed by atoms with Gasteiger partial charge in [0.05, 0.1) is 17.6 Å². The fourth-order valence-corrected chi connectivity index (χ4v) is 4.99. The monoisotopic (exact) mass is 477 g/mol. The molecule has 1 aliphatic carbocycles. The molecule has 0 fully saturated rings. The van der Waals surface area contributed by atoms with E-state index in [0.717, 1.165) is 23.1 Å². The molecule has 5 rings (SSSR count). The molecule has 0 aliphatic heterocycles. The zero-order chi connectivity index (χ0) is 25.0. The fourth-order valence-electron chi connectivity index (χ4n) is 4.99. The highest BCUT2D eigenvalue weighted by Gasteiger charge is 2.37. The summed E-state index contributed by atoms with van der Waals surface area (Å²) in [6.07, 6.45) is -2.17. The molecule has 0 bridgehead atoms. The number of aryl methyl sites for hydroxylation is 1. The first-order chi connectivity index (χ1) is 16.5. The van der Waals surface area contributed by atoms with E-state index in [1.54, 1.807) is 13.1 Å². The van der Waals surface area contributed by atoms with E-state index in [9.17, 15) is 18.0 Å². The summed E-state index contributed by atoms with van der Waals surface area (Å²) in [6, 6.07) is 20.1. The van der Waals surface area contributed by atoms with Crippen LogP contribution in [0.2, 0.25) is 0 Å². The van der Waals surface area contributed by atoms with Gasteiger partial charge in [0.2, 0.25) is 0 Å². The highest BCUT2D eigenvalue weighted by molar-refractivity contribution is 5.87. The van der Waals surface area contributed by atoms with Crippen LogP contribution in [-0.4, -0.2) is 20.3 Å². The molecule has 0 amide bonds. The van der Waals surface area contributed by atoms with Crippen molar-refractivity contribution in [2.24, 2.45) is 12.5 Å². The molecule has 180 valence electrons. The van der Waals surface area contributed by atoms with Crippen molar-refractivity contribution in [2.45, 2.75) is 39.4 Å². The van der Waals surface area contributed by atoms with Gasteiger partial charge in [0.1, 0.15) is 0 Å². The molecule has 0 radical (unpaired) electrons. The van der Waals surface area contributed by atoms with E-state index in [0.29, 0.717) is 16.9 Å². The number of halogens is 3. The number of benzene rings is 2. The molecule has 4 nitrogen and oxygen atoms in total. The van der Waals surface area contributed by atoms with E-state index in [-0.39, 0.29) is 12.2 Å². The lowest BCUT2D eigenvalue weighted by molar-refractivity contribution is -0.155. The molecule has 35 heavy (non-hydrogen) atoms. The zero-order valence-corrected chi connectivity index (χ0v) is 19.9. The summed E-state index contributed by atoms with van der Waals surface area (Å²) in [4.78, 5) is 17.7. The molecule has 2 aromatic carbocycles. The Bertz CT molecular complexity index is 1510. The topological polar surface area (TPSA) is 39.8 Å². The van der Waals surface area contributed by atoms with Crippen LogP contribution in [0.3, 0.4) is 0 Å². The molecule has 7 heteroatoms. The molecule has 0 atom stereocenters. The van der Waals surface area contributed by atoms with Crippen molar-refractivity contribution >= 4 is 16.7 Å². The maximum absolute atomic E-state index is 13.0. The van der Waals surface area contributed by atoms with Gasteiger partial charge in [-0.1, -0.05) is 62.4 Å². The molecule has 0 N–H and O–H groups in total. The summed E-state index contributed by atoms with van der Waals surface area (Å²) in [5.41, 5.74) is 5.88. The van der Waals surface area contributed by atoms with Crippen molar-refractivity contribution in [3.8, 4) is 11.3 Å². The van der Waals surface area contributed by atoms with Gasteiger partial charge in [-0.05, 0) is 52.3 Å². The van der Waals surface area contributed by atoms with Gasteiger partial charge in [0.25, 0.3) is 0 Å². The van der Waals surface area contributed by atoms with E-state index in [2.05, 4.69) is 30.3 Å². The van der Waals surface area contributed by atoms with Gasteiger partial charge in [-0.3, -0.25) is 9.13 Å². The molecule has 0 saturated heterocycles. The summed E-state index contributed by atoms with van der Waals surface area (Å²) in [5, 5.41) is 0. The van der Waals surface area contributed by atoms with Gasteiger partial charge in [0, 0.05) is 19.2 Å². The average molecular weight is 478 g/mol. The van der Waals surface area contributed by atoms with Crippen LogP contribution in [0.25, 0.3) is 28.0 Å². The first-order valence-electron chi connectivity index (χ1n) is 11.5. The van der Waals surface area contributed by atoms with E-state index in [4.69, 9.17) is 4.98 Å². The predicted octanol–water partition coefficient (Wildman–Crippen LogP) is 6.37. The Morgan fingerprint density at radius 1 is 0.971 bits per heavy atom. The molecule has 1 aliphatic rings. The summed E-state index contributed by atoms with van der Waals surface area (Å²) in [7, 11) is 1.60. The maximum atomic E-state index is 13.0. The SMILES string of the molecule is Cn1c(=O)n(CC(C)(C)CC(F)(F)F)c2ccc(-c3ccc4c(c3)C(c3ccccc3)=CC4)nc21. The maximum Gasteiger partial charge on any atom is 0.389 e. The lowest BCUT2D eigenvalue weighted by atomic mass is 9.89. The van der Waals surface area contributed by atoms with Crippen molar-refractivity contribution in [3.63, 3.8) is 0 Å². The van der Waals surface area contributed by atoms with E-state index in [1.165, 1.54) is 34.1 Å². The minimum absolute atomic E-state index is 0.0478. The number of allylic oxidation sites excluding steroid dienone is 1. The van der Waals surface area contributed by atoms with Crippen LogP contribution in [0.5, 0.6) is 0 Å². The third kappa shape index (κ3) is 4.43. The molecule has 0 saturated carbocycles. The molecule has 0 spiro atoms. The lowest BCUT2D eigenvalue weighted by Crippen LogP contribution is -2.32. The fraction of sp³-hybridized carbons (Fsp3) is 0.286. The van der Waals surface area contributed by atoms with Crippen LogP contribution in [0.15, 0.2) is 71.5 Å². The van der Waals surface area contributed by atoms with Crippen molar-refractivity contribution < 1.29 is 13.2 Å². The summed E-state index contributed by atoms with van der Waals surface area (Å²) < 4.78 is 41.9. The van der Waals surface area contributed by atoms with Crippen LogP contribution in [0.1, 0.15) is 37.0 Å². The second-order valence-corrected chi connectivity index (χ2v) is 9.98. The molecule has 2 heterocycles. The number of hydrogen-bond donors (Lipinski definition) is 0. The first kappa shape index (κ1) is 23.1. The van der Waals surface area contributed by atoms with E-state index >= 15 is 0 Å². The van der Waals surface area contributed by atoms with Crippen molar-refractivity contribution in [1.82, 2.24) is 14.1 Å². The van der Waals surface area contributed by atoms with Crippen LogP contribution in [0.4, 0.5) is 13.2 Å². The smallest absolute Gasteiger partial charge is 0.290 e. The van der Waals surface area contributed by atoms with Crippen molar-refractivity contribution in [2.75, 3.05) is 0 Å². The Labute approximate surface area is 201 Å². The Balaban J connectivity index is 1.53. The Hall–Kier alpha value is -3.61. The van der Waals surface area contributed by atoms with Gasteiger partial charge in [-0.2, -0.15) is 13.2 Å². The molecular weight excluding hydrogens is 451 g/mol. The van der Waals surface area contributed by atoms with Gasteiger partial charge in [-0.25, -0.2) is 9.78 Å². The van der Waals surface area contributed by atoms with E-state index in [1.807, 2.05) is 30.3 Å². The number of imidazole rings is 1. The largest absolute Gasteiger partial charge is 0.389 e. The number of rotatable bonds is 5. The quantitative estimate of drug-likeness (QED) is 0.335. The Morgan fingerprint density at radius 3 is 2.43 bits per heavy atom. The Morgan fingerprint density at radius 2 is 1.71 bits per heavy atom. The second-order valence-electron chi connectivity index (χ2n) is 9.98. The number of pyridine rings is 1. The number of fused-ring (bicyclic) bond motifs is 2. The van der Waals surface area contributed by atoms with Crippen molar-refractivity contribution in [3.05, 3.63) is 93.9 Å². The van der Waals surface area contributed by atoms with Gasteiger partial charge >= 0.3 is 11.9 Å². The van der Waals surface area contributed by atoms with Gasteiger partial charge in [0.15, 0.2) is 5.65 Å². The molecule has 2 aromatic heterocycles. The standard InChI is InChI=1S/C28H26F3N3O/c1-27(2,16-28(29,30)31)17-34-24-14-13-23(32-25(24)33(3)26(34)35)20-10-9-19-11-12-21(22(19)15-20)18-7-5-4-6-8-18/h4-10,12-15H,11,16-17H2,1-3H3. The van der Waals surface area contributed by atoms with Crippen molar-refractivity contribution in [1.29, 1.82) is 0 Å². The third-order valence-corrected chi connectivity index (χ3v) is 6.55. The predicted molar refractivity (Wildman–Crippen MR) is 132 cm³/mol. The van der Waals surface area contributed by atoms with Gasteiger partial charge < -0.3 is 0 Å². The molecule has 0 unspecified atom stereocenters. The Kier molecular flexibility index (Phi) is 5.46. The van der Waals surface area contributed by atoms with Crippen LogP contribution in [0, 0.1) is 5.41 Å². The number of hydrogen-bond acceptors (Lipinski definition) is 2. The summed E-state index contributed by atoms with van der Waals surface area (Å²) in [6.45, 7) is 3.00. The number of aromatic nitrogens is 3. The van der Waals surface area contributed by atoms with Gasteiger partial charge in [-0.15, -0.1) is 0 Å². The highest BCUT2D eigenvalue weighted by atomic mass is 19.4. The van der Waals surface area contributed by atoms with Crippen LogP contribution < -0.4 is 5.69 Å². The lowest BCUT2D eigenvalue weighted by Gasteiger charge is -2.26. The molecular formula is C28H26F3N3O. The highest BCUT2D eigenvalue weighted by Crippen LogP contribution is 2.36. The third-order valence-electron chi connectivity index (χ3n) is 6.55. The summed E-state index contributed by atoms with van der Waals surface area (Å²) >= 11 is 0. The van der Waals surface area contributed by atoms with E-state index < -0.39 is 18.0 Å². The minimum atomic E-state index is -4.30. The average Bonchev–Trinajstić information content (AvgIpc) is 3.32. The first-order valence-corrected chi connectivity index (χ1v) is 11.5. The number of alkyl halides is 3. The minimum Gasteiger partial charge on any atom is -0.290 e. The molecule has 4 aromatic rings. The zero-order valence-electron chi connectivity index (χ0n) is 19.9. The second kappa shape index (κ2) is 8.26. The summed E-state index contributed by atoms with van der Waals surface area (Å²) in [5.74, 6) is 0. The number of nitrogens with zero attached hydrogens (tertiary/aromatic N) is 3. The normalized spacial score (nSPS) is 13.8. The van der Waals surface area contributed by atoms with Crippen LogP contribution in [-0.2, 0) is 20.0 Å². The van der Waals surface area contributed by atoms with Crippen LogP contribution >= 0.6 is 0 Å².